The number of hydrogen-bond acceptors (Lipinski definition) is 3. The lowest BCUT2D eigenvalue weighted by Gasteiger charge is -2.33. The summed E-state index contributed by atoms with van der Waals surface area (Å²) < 4.78 is 0. The molecule has 0 aromatic carbocycles. The molecule has 0 heterocycles. The smallest absolute Gasteiger partial charge is 0.0788 e. The average Bonchev–Trinajstić information content (AvgIpc) is 2.17. The summed E-state index contributed by atoms with van der Waals surface area (Å²) in [6, 6.07) is 0.751. The van der Waals surface area contributed by atoms with E-state index in [0.29, 0.717) is 6.10 Å². The third-order valence-electron chi connectivity index (χ3n) is 2.96. The van der Waals surface area contributed by atoms with E-state index >= 15 is 0 Å². The summed E-state index contributed by atoms with van der Waals surface area (Å²) in [5.74, 6) is 5.14. The zero-order chi connectivity index (χ0) is 8.97. The number of nitrogens with two attached hydrogens (primary N) is 1. The van der Waals surface area contributed by atoms with Gasteiger partial charge in [0.1, 0.15) is 0 Å². The van der Waals surface area contributed by atoms with E-state index in [1.165, 1.54) is 12.8 Å². The first kappa shape index (κ1) is 9.96. The normalized spacial score (nSPS) is 31.0. The van der Waals surface area contributed by atoms with Gasteiger partial charge in [-0.3, -0.25) is 0 Å². The van der Waals surface area contributed by atoms with Crippen molar-refractivity contribution in [2.24, 2.45) is 5.90 Å². The van der Waals surface area contributed by atoms with Crippen molar-refractivity contribution < 1.29 is 4.84 Å². The molecule has 0 unspecified atom stereocenters. The number of rotatable bonds is 3. The SMILES string of the molecule is CCN(C)C1CCC(ON)CC1. The molecule has 0 aliphatic heterocycles. The fourth-order valence-corrected chi connectivity index (χ4v) is 1.88. The molecule has 72 valence electrons. The van der Waals surface area contributed by atoms with Crippen LogP contribution in [0.3, 0.4) is 0 Å². The highest BCUT2D eigenvalue weighted by atomic mass is 16.6. The molecule has 0 aromatic heterocycles. The Kier molecular flexibility index (Phi) is 3.98. The lowest BCUT2D eigenvalue weighted by atomic mass is 9.92. The molecule has 1 aliphatic rings. The molecule has 0 atom stereocenters. The molecule has 3 nitrogen and oxygen atoms in total. The molecule has 0 aromatic rings. The highest BCUT2D eigenvalue weighted by molar-refractivity contribution is 4.77. The van der Waals surface area contributed by atoms with Gasteiger partial charge in [0.2, 0.25) is 0 Å². The van der Waals surface area contributed by atoms with Crippen LogP contribution in [0.1, 0.15) is 32.6 Å². The Morgan fingerprint density at radius 2 is 1.92 bits per heavy atom. The van der Waals surface area contributed by atoms with Crippen molar-refractivity contribution in [2.75, 3.05) is 13.6 Å². The molecule has 1 saturated carbocycles. The summed E-state index contributed by atoms with van der Waals surface area (Å²) in [6.45, 7) is 3.34. The minimum Gasteiger partial charge on any atom is -0.304 e. The van der Waals surface area contributed by atoms with Crippen LogP contribution in [0, 0.1) is 0 Å². The summed E-state index contributed by atoms with van der Waals surface area (Å²) in [5.41, 5.74) is 0. The van der Waals surface area contributed by atoms with E-state index in [4.69, 9.17) is 10.7 Å². The van der Waals surface area contributed by atoms with Crippen LogP contribution in [-0.2, 0) is 4.84 Å². The van der Waals surface area contributed by atoms with Crippen LogP contribution < -0.4 is 5.90 Å². The second-order valence-electron chi connectivity index (χ2n) is 3.64. The number of nitrogens with zero attached hydrogens (tertiary/aromatic N) is 1. The Bertz CT molecular complexity index is 122. The molecule has 2 N–H and O–H groups in total. The van der Waals surface area contributed by atoms with E-state index in [9.17, 15) is 0 Å². The van der Waals surface area contributed by atoms with E-state index in [1.807, 2.05) is 0 Å². The van der Waals surface area contributed by atoms with Gasteiger partial charge in [-0.25, -0.2) is 5.90 Å². The lowest BCUT2D eigenvalue weighted by Crippen LogP contribution is -2.37. The first-order valence-corrected chi connectivity index (χ1v) is 4.83. The van der Waals surface area contributed by atoms with Gasteiger partial charge >= 0.3 is 0 Å². The third-order valence-corrected chi connectivity index (χ3v) is 2.96. The second kappa shape index (κ2) is 4.80. The van der Waals surface area contributed by atoms with Crippen LogP contribution in [0.2, 0.25) is 0 Å². The van der Waals surface area contributed by atoms with Crippen molar-refractivity contribution in [1.82, 2.24) is 4.90 Å². The topological polar surface area (TPSA) is 38.5 Å². The Balaban J connectivity index is 2.25. The quantitative estimate of drug-likeness (QED) is 0.649. The Morgan fingerprint density at radius 3 is 2.33 bits per heavy atom. The minimum absolute atomic E-state index is 0.312. The largest absolute Gasteiger partial charge is 0.304 e. The van der Waals surface area contributed by atoms with E-state index in [-0.39, 0.29) is 0 Å². The monoisotopic (exact) mass is 172 g/mol. The maximum atomic E-state index is 5.14. The predicted molar refractivity (Wildman–Crippen MR) is 49.6 cm³/mol. The fraction of sp³-hybridized carbons (Fsp3) is 1.00. The molecule has 0 amide bonds. The summed E-state index contributed by atoms with van der Waals surface area (Å²) in [5, 5.41) is 0. The zero-order valence-corrected chi connectivity index (χ0v) is 8.12. The molecular weight excluding hydrogens is 152 g/mol. The molecule has 1 fully saturated rings. The standard InChI is InChI=1S/C9H20N2O/c1-3-11(2)8-4-6-9(12-10)7-5-8/h8-9H,3-7,10H2,1-2H3. The van der Waals surface area contributed by atoms with Crippen molar-refractivity contribution in [3.8, 4) is 0 Å². The third kappa shape index (κ3) is 2.44. The van der Waals surface area contributed by atoms with E-state index in [1.54, 1.807) is 0 Å². The van der Waals surface area contributed by atoms with Gasteiger partial charge in [0.25, 0.3) is 0 Å². The molecule has 0 saturated heterocycles. The molecule has 0 radical (unpaired) electrons. The van der Waals surface area contributed by atoms with Gasteiger partial charge in [0.05, 0.1) is 6.10 Å². The summed E-state index contributed by atoms with van der Waals surface area (Å²) in [4.78, 5) is 7.24. The Morgan fingerprint density at radius 1 is 1.33 bits per heavy atom. The van der Waals surface area contributed by atoms with Gasteiger partial charge in [-0.15, -0.1) is 0 Å². The predicted octanol–water partition coefficient (Wildman–Crippen LogP) is 1.14. The summed E-state index contributed by atoms with van der Waals surface area (Å²) >= 11 is 0. The summed E-state index contributed by atoms with van der Waals surface area (Å²) in [6.07, 6.45) is 5.00. The van der Waals surface area contributed by atoms with Gasteiger partial charge in [0.15, 0.2) is 0 Å². The van der Waals surface area contributed by atoms with Crippen molar-refractivity contribution >= 4 is 0 Å². The summed E-state index contributed by atoms with van der Waals surface area (Å²) in [7, 11) is 2.19. The van der Waals surface area contributed by atoms with Crippen LogP contribution in [0.25, 0.3) is 0 Å². The van der Waals surface area contributed by atoms with Gasteiger partial charge in [-0.2, -0.15) is 0 Å². The lowest BCUT2D eigenvalue weighted by molar-refractivity contribution is 0.0102. The minimum atomic E-state index is 0.312. The zero-order valence-electron chi connectivity index (χ0n) is 8.12. The van der Waals surface area contributed by atoms with Crippen molar-refractivity contribution in [2.45, 2.75) is 44.8 Å². The van der Waals surface area contributed by atoms with E-state index in [0.717, 1.165) is 25.4 Å². The molecule has 1 rings (SSSR count). The molecular formula is C9H20N2O. The van der Waals surface area contributed by atoms with Crippen LogP contribution in [-0.4, -0.2) is 30.6 Å². The van der Waals surface area contributed by atoms with E-state index in [2.05, 4.69) is 18.9 Å². The second-order valence-corrected chi connectivity index (χ2v) is 3.64. The fourth-order valence-electron chi connectivity index (χ4n) is 1.88. The van der Waals surface area contributed by atoms with Crippen molar-refractivity contribution in [1.29, 1.82) is 0 Å². The Hall–Kier alpha value is -0.120. The average molecular weight is 172 g/mol. The van der Waals surface area contributed by atoms with Gasteiger partial charge in [0, 0.05) is 6.04 Å². The van der Waals surface area contributed by atoms with Gasteiger partial charge in [-0.05, 0) is 39.3 Å². The first-order valence-electron chi connectivity index (χ1n) is 4.83. The molecule has 0 spiro atoms. The molecule has 0 bridgehead atoms. The highest BCUT2D eigenvalue weighted by Gasteiger charge is 2.22. The highest BCUT2D eigenvalue weighted by Crippen LogP contribution is 2.23. The molecule has 3 heteroatoms. The molecule has 1 aliphatic carbocycles. The van der Waals surface area contributed by atoms with Crippen LogP contribution in [0.15, 0.2) is 0 Å². The van der Waals surface area contributed by atoms with Crippen molar-refractivity contribution in [3.05, 3.63) is 0 Å². The Labute approximate surface area is 74.8 Å². The maximum absolute atomic E-state index is 5.14. The van der Waals surface area contributed by atoms with E-state index < -0.39 is 0 Å². The van der Waals surface area contributed by atoms with Crippen LogP contribution in [0.5, 0.6) is 0 Å². The van der Waals surface area contributed by atoms with Gasteiger partial charge < -0.3 is 9.74 Å². The van der Waals surface area contributed by atoms with Gasteiger partial charge in [-0.1, -0.05) is 6.92 Å². The maximum Gasteiger partial charge on any atom is 0.0788 e. The van der Waals surface area contributed by atoms with Crippen LogP contribution >= 0.6 is 0 Å². The molecule has 12 heavy (non-hydrogen) atoms. The van der Waals surface area contributed by atoms with Crippen LogP contribution in [0.4, 0.5) is 0 Å². The van der Waals surface area contributed by atoms with Crippen molar-refractivity contribution in [3.63, 3.8) is 0 Å². The first-order chi connectivity index (χ1) is 5.77. The number of hydrogen-bond donors (Lipinski definition) is 1.